The highest BCUT2D eigenvalue weighted by Gasteiger charge is 2.08. The van der Waals surface area contributed by atoms with Crippen molar-refractivity contribution in [3.05, 3.63) is 29.3 Å². The molecule has 5 nitrogen and oxygen atoms in total. The number of terminal acetylenes is 1. The summed E-state index contributed by atoms with van der Waals surface area (Å²) in [5.41, 5.74) is 2.71. The molecule has 0 radical (unpaired) electrons. The highest BCUT2D eigenvalue weighted by molar-refractivity contribution is 6.02. The van der Waals surface area contributed by atoms with E-state index in [2.05, 4.69) is 21.9 Å². The fraction of sp³-hybridized carbons (Fsp3) is 0.286. The number of hydrogen-bond donors (Lipinski definition) is 4. The van der Waals surface area contributed by atoms with Crippen LogP contribution in [0.3, 0.4) is 0 Å². The summed E-state index contributed by atoms with van der Waals surface area (Å²) in [5.74, 6) is 2.37. The molecule has 6 heteroatoms. The minimum absolute atomic E-state index is 0. The number of anilines is 1. The maximum atomic E-state index is 11.7. The lowest BCUT2D eigenvalue weighted by atomic mass is 10.1. The zero-order valence-electron chi connectivity index (χ0n) is 11.5. The molecule has 0 unspecified atom stereocenters. The SMILES string of the molecule is C#CCCNC(=N)NC(=O)Nc1c(C)cccc1C.Cl. The molecule has 0 fully saturated rings. The Labute approximate surface area is 125 Å². The van der Waals surface area contributed by atoms with Crippen LogP contribution in [0.2, 0.25) is 0 Å². The van der Waals surface area contributed by atoms with Crippen LogP contribution in [-0.4, -0.2) is 18.5 Å². The Morgan fingerprint density at radius 3 is 2.50 bits per heavy atom. The van der Waals surface area contributed by atoms with Crippen molar-refractivity contribution in [2.24, 2.45) is 0 Å². The number of halogens is 1. The van der Waals surface area contributed by atoms with E-state index in [0.29, 0.717) is 13.0 Å². The number of benzene rings is 1. The van der Waals surface area contributed by atoms with Crippen LogP contribution >= 0.6 is 12.4 Å². The third-order valence-electron chi connectivity index (χ3n) is 2.53. The van der Waals surface area contributed by atoms with Crippen LogP contribution in [0.5, 0.6) is 0 Å². The summed E-state index contributed by atoms with van der Waals surface area (Å²) in [4.78, 5) is 11.7. The monoisotopic (exact) mass is 294 g/mol. The summed E-state index contributed by atoms with van der Waals surface area (Å²) in [7, 11) is 0. The van der Waals surface area contributed by atoms with E-state index in [0.717, 1.165) is 16.8 Å². The largest absolute Gasteiger partial charge is 0.355 e. The Hall–Kier alpha value is -2.19. The number of amides is 2. The second-order valence-corrected chi connectivity index (χ2v) is 4.10. The highest BCUT2D eigenvalue weighted by Crippen LogP contribution is 2.18. The average Bonchev–Trinajstić information content (AvgIpc) is 2.34. The number of aryl methyl sites for hydroxylation is 2. The predicted molar refractivity (Wildman–Crippen MR) is 84.5 cm³/mol. The lowest BCUT2D eigenvalue weighted by Gasteiger charge is -2.13. The Balaban J connectivity index is 0.00000361. The van der Waals surface area contributed by atoms with E-state index in [-0.39, 0.29) is 18.4 Å². The first-order valence-electron chi connectivity index (χ1n) is 5.94. The van der Waals surface area contributed by atoms with Gasteiger partial charge in [-0.15, -0.1) is 24.8 Å². The van der Waals surface area contributed by atoms with Gasteiger partial charge in [-0.05, 0) is 25.0 Å². The Kier molecular flexibility index (Phi) is 7.87. The second-order valence-electron chi connectivity index (χ2n) is 4.10. The van der Waals surface area contributed by atoms with E-state index in [9.17, 15) is 4.79 Å². The van der Waals surface area contributed by atoms with Crippen LogP contribution in [0.1, 0.15) is 17.5 Å². The minimum Gasteiger partial charge on any atom is -0.355 e. The fourth-order valence-electron chi connectivity index (χ4n) is 1.57. The van der Waals surface area contributed by atoms with E-state index >= 15 is 0 Å². The number of para-hydroxylation sites is 1. The normalized spacial score (nSPS) is 8.85. The summed E-state index contributed by atoms with van der Waals surface area (Å²) < 4.78 is 0. The van der Waals surface area contributed by atoms with Gasteiger partial charge in [-0.3, -0.25) is 10.7 Å². The third-order valence-corrected chi connectivity index (χ3v) is 2.53. The number of guanidine groups is 1. The predicted octanol–water partition coefficient (Wildman–Crippen LogP) is 2.39. The van der Waals surface area contributed by atoms with Gasteiger partial charge in [-0.1, -0.05) is 18.2 Å². The lowest BCUT2D eigenvalue weighted by Crippen LogP contribution is -2.42. The highest BCUT2D eigenvalue weighted by atomic mass is 35.5. The number of carbonyl (C=O) groups is 1. The van der Waals surface area contributed by atoms with Gasteiger partial charge < -0.3 is 10.6 Å². The molecule has 0 aromatic heterocycles. The number of rotatable bonds is 3. The molecule has 4 N–H and O–H groups in total. The Bertz CT molecular complexity index is 502. The van der Waals surface area contributed by atoms with Gasteiger partial charge in [0, 0.05) is 18.7 Å². The van der Waals surface area contributed by atoms with Crippen molar-refractivity contribution in [2.45, 2.75) is 20.3 Å². The maximum absolute atomic E-state index is 11.7. The summed E-state index contributed by atoms with van der Waals surface area (Å²) in [6, 6.07) is 5.31. The van der Waals surface area contributed by atoms with Gasteiger partial charge in [0.25, 0.3) is 0 Å². The minimum atomic E-state index is -0.449. The van der Waals surface area contributed by atoms with Crippen LogP contribution in [0.15, 0.2) is 18.2 Å². The Morgan fingerprint density at radius 2 is 1.95 bits per heavy atom. The molecular formula is C14H19ClN4O. The number of hydrogen-bond acceptors (Lipinski definition) is 2. The standard InChI is InChI=1S/C14H18N4O.ClH/c1-4-5-9-16-13(15)18-14(19)17-12-10(2)7-6-8-11(12)3;/h1,6-8H,5,9H2,2-3H3,(H4,15,16,17,18,19);1H. The summed E-state index contributed by atoms with van der Waals surface area (Å²) in [5, 5.41) is 15.3. The first kappa shape index (κ1) is 17.8. The van der Waals surface area contributed by atoms with Crippen molar-refractivity contribution in [3.8, 4) is 12.3 Å². The first-order chi connectivity index (χ1) is 9.04. The molecule has 2 amide bonds. The van der Waals surface area contributed by atoms with E-state index in [1.54, 1.807) is 0 Å². The molecule has 0 aliphatic carbocycles. The maximum Gasteiger partial charge on any atom is 0.326 e. The van der Waals surface area contributed by atoms with Crippen molar-refractivity contribution in [2.75, 3.05) is 11.9 Å². The molecule has 1 aromatic rings. The first-order valence-corrected chi connectivity index (χ1v) is 5.94. The van der Waals surface area contributed by atoms with E-state index in [1.165, 1.54) is 0 Å². The van der Waals surface area contributed by atoms with Gasteiger partial charge in [0.2, 0.25) is 0 Å². The van der Waals surface area contributed by atoms with Crippen LogP contribution in [-0.2, 0) is 0 Å². The molecule has 0 saturated carbocycles. The van der Waals surface area contributed by atoms with Gasteiger partial charge >= 0.3 is 6.03 Å². The van der Waals surface area contributed by atoms with Crippen LogP contribution in [0.4, 0.5) is 10.5 Å². The fourth-order valence-corrected chi connectivity index (χ4v) is 1.57. The van der Waals surface area contributed by atoms with Gasteiger partial charge in [-0.2, -0.15) is 0 Å². The van der Waals surface area contributed by atoms with E-state index < -0.39 is 6.03 Å². The summed E-state index contributed by atoms with van der Waals surface area (Å²) in [6.45, 7) is 4.29. The van der Waals surface area contributed by atoms with Crippen molar-refractivity contribution < 1.29 is 4.79 Å². The lowest BCUT2D eigenvalue weighted by molar-refractivity contribution is 0.255. The molecule has 0 spiro atoms. The van der Waals surface area contributed by atoms with Gasteiger partial charge in [0.05, 0.1) is 0 Å². The van der Waals surface area contributed by atoms with Crippen LogP contribution in [0.25, 0.3) is 0 Å². The van der Waals surface area contributed by atoms with Crippen molar-refractivity contribution in [1.29, 1.82) is 5.41 Å². The third kappa shape index (κ3) is 5.63. The topological polar surface area (TPSA) is 77.0 Å². The molecule has 1 rings (SSSR count). The Morgan fingerprint density at radius 1 is 1.35 bits per heavy atom. The van der Waals surface area contributed by atoms with Gasteiger partial charge in [-0.25, -0.2) is 4.79 Å². The average molecular weight is 295 g/mol. The van der Waals surface area contributed by atoms with Crippen molar-refractivity contribution in [1.82, 2.24) is 10.6 Å². The smallest absolute Gasteiger partial charge is 0.326 e. The molecule has 1 aromatic carbocycles. The molecule has 0 atom stereocenters. The van der Waals surface area contributed by atoms with Crippen LogP contribution in [0, 0.1) is 31.6 Å². The molecule has 0 aliphatic heterocycles. The van der Waals surface area contributed by atoms with Gasteiger partial charge in [0.1, 0.15) is 0 Å². The number of carbonyl (C=O) groups excluding carboxylic acids is 1. The zero-order valence-corrected chi connectivity index (χ0v) is 12.4. The molecule has 20 heavy (non-hydrogen) atoms. The molecule has 0 heterocycles. The molecule has 108 valence electrons. The second kappa shape index (κ2) is 8.83. The number of nitrogens with one attached hydrogen (secondary N) is 4. The quantitative estimate of drug-likeness (QED) is 0.299. The van der Waals surface area contributed by atoms with Crippen molar-refractivity contribution >= 4 is 30.1 Å². The molecular weight excluding hydrogens is 276 g/mol. The van der Waals surface area contributed by atoms with E-state index in [1.807, 2.05) is 32.0 Å². The molecule has 0 saturated heterocycles. The zero-order chi connectivity index (χ0) is 14.3. The van der Waals surface area contributed by atoms with Gasteiger partial charge in [0.15, 0.2) is 5.96 Å². The molecule has 0 bridgehead atoms. The van der Waals surface area contributed by atoms with Crippen LogP contribution < -0.4 is 16.0 Å². The van der Waals surface area contributed by atoms with Crippen molar-refractivity contribution in [3.63, 3.8) is 0 Å². The summed E-state index contributed by atoms with van der Waals surface area (Å²) in [6.07, 6.45) is 5.59. The summed E-state index contributed by atoms with van der Waals surface area (Å²) >= 11 is 0. The van der Waals surface area contributed by atoms with E-state index in [4.69, 9.17) is 11.8 Å². The molecule has 0 aliphatic rings. The number of urea groups is 1.